The smallest absolute Gasteiger partial charge is 0.465 e. The molecule has 0 radical (unpaired) electrons. The highest BCUT2D eigenvalue weighted by molar-refractivity contribution is 5.96. The Kier molecular flexibility index (Phi) is 3.74. The molecule has 0 aliphatic carbocycles. The van der Waals surface area contributed by atoms with Crippen LogP contribution in [0.15, 0.2) is 18.2 Å². The number of nitrogens with zero attached hydrogens (tertiary/aromatic N) is 1. The minimum atomic E-state index is -5.07. The van der Waals surface area contributed by atoms with Crippen molar-refractivity contribution in [1.82, 2.24) is 0 Å². The molecule has 0 heterocycles. The summed E-state index contributed by atoms with van der Waals surface area (Å²) < 4.78 is 44.0. The molecule has 0 aliphatic rings. The van der Waals surface area contributed by atoms with E-state index in [0.29, 0.717) is 0 Å². The van der Waals surface area contributed by atoms with E-state index in [1.54, 1.807) is 0 Å². The number of methoxy groups -OCH3 is 1. The summed E-state index contributed by atoms with van der Waals surface area (Å²) in [5.74, 6) is -2.27. The van der Waals surface area contributed by atoms with E-state index in [4.69, 9.17) is 0 Å². The quantitative estimate of drug-likeness (QED) is 0.476. The van der Waals surface area contributed by atoms with E-state index in [1.165, 1.54) is 0 Å². The molecular formula is C9H6F3NO5. The highest BCUT2D eigenvalue weighted by atomic mass is 19.4. The summed E-state index contributed by atoms with van der Waals surface area (Å²) in [6, 6.07) is 2.62. The zero-order valence-corrected chi connectivity index (χ0v) is 8.85. The predicted octanol–water partition coefficient (Wildman–Crippen LogP) is 2.28. The number of halogens is 3. The van der Waals surface area contributed by atoms with Gasteiger partial charge in [-0.3, -0.25) is 10.1 Å². The van der Waals surface area contributed by atoms with E-state index in [1.807, 2.05) is 0 Å². The lowest BCUT2D eigenvalue weighted by atomic mass is 10.1. The molecule has 9 heteroatoms. The fourth-order valence-electron chi connectivity index (χ4n) is 1.19. The van der Waals surface area contributed by atoms with Crippen LogP contribution in [0.3, 0.4) is 0 Å². The molecule has 0 saturated carbocycles. The molecule has 0 aliphatic heterocycles. The Labute approximate surface area is 98.1 Å². The van der Waals surface area contributed by atoms with Crippen molar-refractivity contribution in [2.24, 2.45) is 0 Å². The lowest BCUT2D eigenvalue weighted by molar-refractivity contribution is -0.385. The van der Waals surface area contributed by atoms with Crippen LogP contribution in [0.25, 0.3) is 0 Å². The summed E-state index contributed by atoms with van der Waals surface area (Å²) in [7, 11) is 0.885. The number of ether oxygens (including phenoxy) is 2. The number of carbonyl (C=O) groups is 1. The van der Waals surface area contributed by atoms with Gasteiger partial charge in [0.25, 0.3) is 5.69 Å². The van der Waals surface area contributed by atoms with Crippen LogP contribution in [0.2, 0.25) is 0 Å². The van der Waals surface area contributed by atoms with Gasteiger partial charge in [0.05, 0.1) is 12.0 Å². The first-order valence-corrected chi connectivity index (χ1v) is 4.37. The Morgan fingerprint density at radius 2 is 2.00 bits per heavy atom. The molecule has 0 aromatic heterocycles. The summed E-state index contributed by atoms with van der Waals surface area (Å²) >= 11 is 0. The molecule has 98 valence electrons. The maximum absolute atomic E-state index is 12.1. The summed E-state index contributed by atoms with van der Waals surface area (Å²) in [4.78, 5) is 20.9. The third-order valence-electron chi connectivity index (χ3n) is 1.82. The Bertz CT molecular complexity index is 486. The number of carbonyl (C=O) groups excluding carboxylic acids is 1. The van der Waals surface area contributed by atoms with Crippen LogP contribution in [-0.4, -0.2) is 24.4 Å². The van der Waals surface area contributed by atoms with Crippen LogP contribution in [0.4, 0.5) is 18.9 Å². The van der Waals surface area contributed by atoms with Gasteiger partial charge in [-0.15, -0.1) is 13.2 Å². The van der Waals surface area contributed by atoms with Gasteiger partial charge in [0.2, 0.25) is 0 Å². The largest absolute Gasteiger partial charge is 0.573 e. The normalized spacial score (nSPS) is 10.9. The number of esters is 1. The maximum Gasteiger partial charge on any atom is 0.573 e. The van der Waals surface area contributed by atoms with Crippen LogP contribution >= 0.6 is 0 Å². The molecule has 0 saturated heterocycles. The van der Waals surface area contributed by atoms with Crippen LogP contribution in [0.1, 0.15) is 10.4 Å². The summed E-state index contributed by atoms with van der Waals surface area (Å²) in [5.41, 5.74) is -1.72. The van der Waals surface area contributed by atoms with Gasteiger partial charge in [0, 0.05) is 6.07 Å². The summed E-state index contributed by atoms with van der Waals surface area (Å²) in [5, 5.41) is 10.6. The zero-order chi connectivity index (χ0) is 13.9. The number of nitro benzene ring substituents is 1. The Balaban J connectivity index is 3.37. The third-order valence-corrected chi connectivity index (χ3v) is 1.82. The second kappa shape index (κ2) is 4.90. The van der Waals surface area contributed by atoms with E-state index >= 15 is 0 Å². The van der Waals surface area contributed by atoms with Gasteiger partial charge < -0.3 is 9.47 Å². The van der Waals surface area contributed by atoms with Gasteiger partial charge in [0.1, 0.15) is 0 Å². The molecule has 0 fully saturated rings. The SMILES string of the molecule is COC(=O)c1c(OC(F)(F)F)cccc1[N+](=O)[O-]. The van der Waals surface area contributed by atoms with Crippen molar-refractivity contribution >= 4 is 11.7 Å². The molecule has 0 N–H and O–H groups in total. The van der Waals surface area contributed by atoms with Crippen LogP contribution in [-0.2, 0) is 4.74 Å². The molecule has 0 bridgehead atoms. The van der Waals surface area contributed by atoms with E-state index in [9.17, 15) is 28.1 Å². The first-order chi connectivity index (χ1) is 8.26. The Morgan fingerprint density at radius 1 is 1.39 bits per heavy atom. The van der Waals surface area contributed by atoms with E-state index in [2.05, 4.69) is 9.47 Å². The maximum atomic E-state index is 12.1. The molecule has 0 atom stereocenters. The molecule has 6 nitrogen and oxygen atoms in total. The van der Waals surface area contributed by atoms with Crippen molar-refractivity contribution in [1.29, 1.82) is 0 Å². The standard InChI is InChI=1S/C9H6F3NO5/c1-17-8(14)7-5(13(15)16)3-2-4-6(7)18-9(10,11)12/h2-4H,1H3. The number of alkyl halides is 3. The summed E-state index contributed by atoms with van der Waals surface area (Å²) in [6.07, 6.45) is -5.07. The first kappa shape index (κ1) is 13.7. The van der Waals surface area contributed by atoms with E-state index in [-0.39, 0.29) is 0 Å². The second-order valence-electron chi connectivity index (χ2n) is 2.95. The van der Waals surface area contributed by atoms with Crippen LogP contribution in [0, 0.1) is 10.1 Å². The monoisotopic (exact) mass is 265 g/mol. The molecular weight excluding hydrogens is 259 g/mol. The average Bonchev–Trinajstić information content (AvgIpc) is 2.25. The summed E-state index contributed by atoms with van der Waals surface area (Å²) in [6.45, 7) is 0. The van der Waals surface area contributed by atoms with Gasteiger partial charge in [0.15, 0.2) is 11.3 Å². The minimum absolute atomic E-state index is 0.784. The highest BCUT2D eigenvalue weighted by Gasteiger charge is 2.35. The lowest BCUT2D eigenvalue weighted by Crippen LogP contribution is -2.20. The molecule has 1 aromatic carbocycles. The topological polar surface area (TPSA) is 78.7 Å². The van der Waals surface area contributed by atoms with Gasteiger partial charge in [-0.25, -0.2) is 4.79 Å². The zero-order valence-electron chi connectivity index (χ0n) is 8.85. The molecule has 0 amide bonds. The van der Waals surface area contributed by atoms with Gasteiger partial charge >= 0.3 is 12.3 Å². The van der Waals surface area contributed by atoms with Crippen molar-refractivity contribution in [2.45, 2.75) is 6.36 Å². The lowest BCUT2D eigenvalue weighted by Gasteiger charge is -2.11. The number of rotatable bonds is 3. The molecule has 0 unspecified atom stereocenters. The van der Waals surface area contributed by atoms with Gasteiger partial charge in [-0.05, 0) is 6.07 Å². The van der Waals surface area contributed by atoms with Crippen LogP contribution in [0.5, 0.6) is 5.75 Å². The molecule has 1 rings (SSSR count). The van der Waals surface area contributed by atoms with Gasteiger partial charge in [-0.2, -0.15) is 0 Å². The Morgan fingerprint density at radius 3 is 2.44 bits per heavy atom. The first-order valence-electron chi connectivity index (χ1n) is 4.37. The van der Waals surface area contributed by atoms with E-state index in [0.717, 1.165) is 25.3 Å². The minimum Gasteiger partial charge on any atom is -0.465 e. The number of nitro groups is 1. The second-order valence-corrected chi connectivity index (χ2v) is 2.95. The average molecular weight is 265 g/mol. The van der Waals surface area contributed by atoms with Crippen molar-refractivity contribution in [2.75, 3.05) is 7.11 Å². The fraction of sp³-hybridized carbons (Fsp3) is 0.222. The third kappa shape index (κ3) is 3.09. The number of hydrogen-bond acceptors (Lipinski definition) is 5. The predicted molar refractivity (Wildman–Crippen MR) is 51.1 cm³/mol. The van der Waals surface area contributed by atoms with Crippen LogP contribution < -0.4 is 4.74 Å². The molecule has 0 spiro atoms. The molecule has 1 aromatic rings. The van der Waals surface area contributed by atoms with Crippen molar-refractivity contribution in [3.8, 4) is 5.75 Å². The van der Waals surface area contributed by atoms with E-state index < -0.39 is 34.3 Å². The Hall–Kier alpha value is -2.32. The highest BCUT2D eigenvalue weighted by Crippen LogP contribution is 2.32. The van der Waals surface area contributed by atoms with Crippen molar-refractivity contribution in [3.63, 3.8) is 0 Å². The van der Waals surface area contributed by atoms with Crippen molar-refractivity contribution in [3.05, 3.63) is 33.9 Å². The fourth-order valence-corrected chi connectivity index (χ4v) is 1.19. The van der Waals surface area contributed by atoms with Gasteiger partial charge in [-0.1, -0.05) is 6.07 Å². The number of benzene rings is 1. The van der Waals surface area contributed by atoms with Crippen molar-refractivity contribution < 1.29 is 32.4 Å². The number of hydrogen-bond donors (Lipinski definition) is 0. The molecule has 18 heavy (non-hydrogen) atoms.